The molecule has 21 heavy (non-hydrogen) atoms. The van der Waals surface area contributed by atoms with Crippen LogP contribution in [0.15, 0.2) is 27.8 Å². The highest BCUT2D eigenvalue weighted by atomic mass is 32.2. The van der Waals surface area contributed by atoms with Gasteiger partial charge in [0.15, 0.2) is 5.58 Å². The number of thioether (sulfide) groups is 1. The number of aliphatic carboxylic acids is 2. The monoisotopic (exact) mass is 310 g/mol. The van der Waals surface area contributed by atoms with E-state index in [2.05, 4.69) is 4.98 Å². The molecule has 1 aromatic heterocycles. The summed E-state index contributed by atoms with van der Waals surface area (Å²) in [6.07, 6.45) is -0.564. The van der Waals surface area contributed by atoms with Crippen LogP contribution in [0.4, 0.5) is 0 Å². The summed E-state index contributed by atoms with van der Waals surface area (Å²) in [5, 5.41) is 16.4. The molecule has 0 bridgehead atoms. The number of aromatic nitrogens is 1. The summed E-state index contributed by atoms with van der Waals surface area (Å²) >= 11 is 0.691. The average molecular weight is 310 g/mol. The molecule has 1 atom stereocenters. The molecule has 4 N–H and O–H groups in total. The Morgan fingerprint density at radius 1 is 1.33 bits per heavy atom. The zero-order valence-corrected chi connectivity index (χ0v) is 11.3. The van der Waals surface area contributed by atoms with E-state index in [1.165, 1.54) is 18.2 Å². The lowest BCUT2D eigenvalue weighted by molar-refractivity contribution is -0.142. The van der Waals surface area contributed by atoms with E-state index in [0.717, 1.165) is 0 Å². The molecule has 1 aromatic carbocycles. The van der Waals surface area contributed by atoms with Crippen LogP contribution in [0.2, 0.25) is 0 Å². The standard InChI is InChI=1S/C12H10N2O6S/c13-10(17)5-1-2-7-6(3-5)14-12(20-7)21-8(11(18)19)4-9(15)16/h1-3,8H,4H2,(H2,13,17)(H,15,16)(H,18,19). The Labute approximate surface area is 121 Å². The lowest BCUT2D eigenvalue weighted by Gasteiger charge is -2.05. The minimum Gasteiger partial charge on any atom is -0.481 e. The van der Waals surface area contributed by atoms with Gasteiger partial charge in [-0.2, -0.15) is 0 Å². The van der Waals surface area contributed by atoms with Crippen molar-refractivity contribution >= 4 is 40.7 Å². The molecule has 1 unspecified atom stereocenters. The Morgan fingerprint density at radius 2 is 2.05 bits per heavy atom. The van der Waals surface area contributed by atoms with Crippen LogP contribution >= 0.6 is 11.8 Å². The third-order valence-corrected chi connectivity index (χ3v) is 3.56. The molecule has 0 radical (unpaired) electrons. The quantitative estimate of drug-likeness (QED) is 0.669. The third-order valence-electron chi connectivity index (χ3n) is 2.53. The van der Waals surface area contributed by atoms with Crippen LogP contribution in [0.3, 0.4) is 0 Å². The SMILES string of the molecule is NC(=O)c1ccc2oc(SC(CC(=O)O)C(=O)O)nc2c1. The summed E-state index contributed by atoms with van der Waals surface area (Å²) in [4.78, 5) is 36.7. The Balaban J connectivity index is 2.27. The Bertz CT molecular complexity index is 726. The molecule has 110 valence electrons. The minimum absolute atomic E-state index is 0.0141. The number of nitrogens with two attached hydrogens (primary N) is 1. The highest BCUT2D eigenvalue weighted by Gasteiger charge is 2.25. The number of carboxylic acids is 2. The number of rotatable bonds is 6. The summed E-state index contributed by atoms with van der Waals surface area (Å²) in [6, 6.07) is 4.36. The van der Waals surface area contributed by atoms with Crippen LogP contribution in [0.1, 0.15) is 16.8 Å². The zero-order valence-electron chi connectivity index (χ0n) is 10.5. The van der Waals surface area contributed by atoms with Crippen LogP contribution < -0.4 is 5.73 Å². The summed E-state index contributed by atoms with van der Waals surface area (Å²) in [5.74, 6) is -3.13. The first-order valence-electron chi connectivity index (χ1n) is 5.68. The lowest BCUT2D eigenvalue weighted by Crippen LogP contribution is -2.20. The van der Waals surface area contributed by atoms with E-state index in [4.69, 9.17) is 20.4 Å². The van der Waals surface area contributed by atoms with Gasteiger partial charge in [-0.05, 0) is 18.2 Å². The molecule has 8 nitrogen and oxygen atoms in total. The number of fused-ring (bicyclic) bond motifs is 1. The van der Waals surface area contributed by atoms with E-state index in [-0.39, 0.29) is 10.8 Å². The van der Waals surface area contributed by atoms with E-state index in [1.807, 2.05) is 0 Å². The number of carboxylic acid groups (broad SMARTS) is 2. The largest absolute Gasteiger partial charge is 0.481 e. The number of benzene rings is 1. The van der Waals surface area contributed by atoms with Crippen LogP contribution in [0, 0.1) is 0 Å². The first-order valence-corrected chi connectivity index (χ1v) is 6.56. The van der Waals surface area contributed by atoms with Crippen molar-refractivity contribution in [3.8, 4) is 0 Å². The van der Waals surface area contributed by atoms with Gasteiger partial charge in [-0.15, -0.1) is 0 Å². The maximum Gasteiger partial charge on any atom is 0.317 e. The molecule has 0 aliphatic carbocycles. The maximum atomic E-state index is 11.1. The second-order valence-electron chi connectivity index (χ2n) is 4.07. The van der Waals surface area contributed by atoms with Gasteiger partial charge in [0, 0.05) is 5.56 Å². The van der Waals surface area contributed by atoms with Crippen LogP contribution in [0.25, 0.3) is 11.1 Å². The molecule has 9 heteroatoms. The van der Waals surface area contributed by atoms with Gasteiger partial charge in [-0.3, -0.25) is 14.4 Å². The van der Waals surface area contributed by atoms with Crippen molar-refractivity contribution in [1.82, 2.24) is 4.98 Å². The van der Waals surface area contributed by atoms with E-state index in [9.17, 15) is 14.4 Å². The Kier molecular flexibility index (Phi) is 4.13. The van der Waals surface area contributed by atoms with Gasteiger partial charge < -0.3 is 20.4 Å². The van der Waals surface area contributed by atoms with Gasteiger partial charge in [0.25, 0.3) is 5.22 Å². The normalized spacial score (nSPS) is 12.2. The summed E-state index contributed by atoms with van der Waals surface area (Å²) in [7, 11) is 0. The van der Waals surface area contributed by atoms with Gasteiger partial charge in [-0.25, -0.2) is 4.98 Å². The first kappa shape index (κ1) is 14.9. The van der Waals surface area contributed by atoms with Crippen molar-refractivity contribution in [2.75, 3.05) is 0 Å². The van der Waals surface area contributed by atoms with Gasteiger partial charge in [-0.1, -0.05) is 11.8 Å². The Hall–Kier alpha value is -2.55. The molecule has 1 amide bonds. The van der Waals surface area contributed by atoms with Crippen LogP contribution in [-0.2, 0) is 9.59 Å². The summed E-state index contributed by atoms with van der Waals surface area (Å²) < 4.78 is 5.31. The second kappa shape index (κ2) is 5.83. The molecule has 0 saturated heterocycles. The molecule has 2 aromatic rings. The predicted octanol–water partition coefficient (Wildman–Crippen LogP) is 0.947. The highest BCUT2D eigenvalue weighted by molar-refractivity contribution is 8.00. The van der Waals surface area contributed by atoms with Gasteiger partial charge in [0.05, 0.1) is 6.42 Å². The van der Waals surface area contributed by atoms with Gasteiger partial charge in [0.2, 0.25) is 5.91 Å². The number of amides is 1. The fourth-order valence-corrected chi connectivity index (χ4v) is 2.43. The van der Waals surface area contributed by atoms with E-state index in [0.29, 0.717) is 22.9 Å². The fraction of sp³-hybridized carbons (Fsp3) is 0.167. The van der Waals surface area contributed by atoms with Crippen molar-refractivity contribution in [2.45, 2.75) is 16.9 Å². The highest BCUT2D eigenvalue weighted by Crippen LogP contribution is 2.28. The molecule has 0 fully saturated rings. The maximum absolute atomic E-state index is 11.1. The van der Waals surface area contributed by atoms with E-state index in [1.54, 1.807) is 0 Å². The molecule has 0 saturated carbocycles. The molecule has 2 rings (SSSR count). The van der Waals surface area contributed by atoms with Crippen LogP contribution in [0.5, 0.6) is 0 Å². The van der Waals surface area contributed by atoms with Crippen molar-refractivity contribution < 1.29 is 29.0 Å². The topological polar surface area (TPSA) is 144 Å². The smallest absolute Gasteiger partial charge is 0.317 e. The lowest BCUT2D eigenvalue weighted by atomic mass is 10.2. The second-order valence-corrected chi connectivity index (χ2v) is 5.22. The summed E-state index contributed by atoms with van der Waals surface area (Å²) in [6.45, 7) is 0. The number of hydrogen-bond acceptors (Lipinski definition) is 6. The number of nitrogens with zero attached hydrogens (tertiary/aromatic N) is 1. The predicted molar refractivity (Wildman–Crippen MR) is 72.1 cm³/mol. The number of primary amides is 1. The summed E-state index contributed by atoms with van der Waals surface area (Å²) in [5.41, 5.74) is 6.07. The van der Waals surface area contributed by atoms with Crippen molar-refractivity contribution in [1.29, 1.82) is 0 Å². The number of carbonyl (C=O) groups excluding carboxylic acids is 1. The number of oxazole rings is 1. The van der Waals surface area contributed by atoms with Gasteiger partial charge >= 0.3 is 11.9 Å². The molecule has 0 aliphatic heterocycles. The van der Waals surface area contributed by atoms with Crippen molar-refractivity contribution in [2.24, 2.45) is 5.73 Å². The number of carbonyl (C=O) groups is 3. The molecular formula is C12H10N2O6S. The zero-order chi connectivity index (χ0) is 15.6. The molecule has 0 aliphatic rings. The first-order chi connectivity index (χ1) is 9.86. The van der Waals surface area contributed by atoms with E-state index >= 15 is 0 Å². The number of hydrogen-bond donors (Lipinski definition) is 3. The molecular weight excluding hydrogens is 300 g/mol. The molecule has 1 heterocycles. The van der Waals surface area contributed by atoms with Crippen LogP contribution in [-0.4, -0.2) is 38.3 Å². The van der Waals surface area contributed by atoms with Gasteiger partial charge in [0.1, 0.15) is 10.8 Å². The third kappa shape index (κ3) is 3.51. The van der Waals surface area contributed by atoms with Crippen molar-refractivity contribution in [3.63, 3.8) is 0 Å². The minimum atomic E-state index is -1.28. The Morgan fingerprint density at radius 3 is 2.62 bits per heavy atom. The average Bonchev–Trinajstić information content (AvgIpc) is 2.78. The van der Waals surface area contributed by atoms with E-state index < -0.39 is 29.5 Å². The molecule has 0 spiro atoms. The van der Waals surface area contributed by atoms with Crippen molar-refractivity contribution in [3.05, 3.63) is 23.8 Å². The fourth-order valence-electron chi connectivity index (χ4n) is 1.57.